The van der Waals surface area contributed by atoms with Gasteiger partial charge in [0.25, 0.3) is 5.91 Å². The lowest BCUT2D eigenvalue weighted by atomic mass is 9.93. The minimum atomic E-state index is -4.60. The van der Waals surface area contributed by atoms with Crippen LogP contribution in [0.1, 0.15) is 60.1 Å². The molecule has 41 heavy (non-hydrogen) atoms. The van der Waals surface area contributed by atoms with Gasteiger partial charge in [-0.25, -0.2) is 9.37 Å². The third-order valence-corrected chi connectivity index (χ3v) is 7.27. The fourth-order valence-corrected chi connectivity index (χ4v) is 4.58. The van der Waals surface area contributed by atoms with Gasteiger partial charge in [-0.05, 0) is 81.1 Å². The smallest absolute Gasteiger partial charge is 0.399 e. The summed E-state index contributed by atoms with van der Waals surface area (Å²) in [5.41, 5.74) is -1.49. The van der Waals surface area contributed by atoms with Gasteiger partial charge >= 0.3 is 6.18 Å². The summed E-state index contributed by atoms with van der Waals surface area (Å²) in [7, 11) is 0. The van der Waals surface area contributed by atoms with Gasteiger partial charge in [-0.2, -0.15) is 13.2 Å². The van der Waals surface area contributed by atoms with Crippen molar-refractivity contribution in [3.8, 4) is 28.5 Å². The van der Waals surface area contributed by atoms with E-state index in [0.29, 0.717) is 17.1 Å². The van der Waals surface area contributed by atoms with Crippen molar-refractivity contribution in [1.82, 2.24) is 10.3 Å². The van der Waals surface area contributed by atoms with E-state index < -0.39 is 36.0 Å². The number of carbonyl (C=O) groups is 1. The van der Waals surface area contributed by atoms with Crippen LogP contribution >= 0.6 is 0 Å². The number of halogens is 4. The zero-order chi connectivity index (χ0) is 28.9. The number of amides is 1. The number of fused-ring (bicyclic) bond motifs is 1. The van der Waals surface area contributed by atoms with E-state index in [2.05, 4.69) is 10.3 Å². The van der Waals surface area contributed by atoms with Crippen LogP contribution in [0.5, 0.6) is 17.2 Å². The normalized spacial score (nSPS) is 19.6. The number of alkyl halides is 3. The Bertz CT molecular complexity index is 1470. The molecule has 2 aromatic carbocycles. The summed E-state index contributed by atoms with van der Waals surface area (Å²) in [4.78, 5) is 17.5. The molecule has 1 aliphatic heterocycles. The Kier molecular flexibility index (Phi) is 6.80. The van der Waals surface area contributed by atoms with E-state index in [9.17, 15) is 27.5 Å². The molecule has 0 spiro atoms. The topological polar surface area (TPSA) is 89.9 Å². The van der Waals surface area contributed by atoms with Gasteiger partial charge in [-0.15, -0.1) is 0 Å². The Hall–Kier alpha value is -3.86. The van der Waals surface area contributed by atoms with Crippen LogP contribution in [0.4, 0.5) is 17.6 Å². The summed E-state index contributed by atoms with van der Waals surface area (Å²) in [5.74, 6) is -1.99. The first-order valence-electron chi connectivity index (χ1n) is 13.5. The minimum absolute atomic E-state index is 0.0453. The van der Waals surface area contributed by atoms with Crippen molar-refractivity contribution in [3.05, 3.63) is 71.2 Å². The molecule has 2 aliphatic carbocycles. The SMILES string of the molecule is C[C@](O)(CNC(=O)c1ccc(OC2CC2)c(OC2CC2)c1)c1cc2c(c(-c3ccc(F)cc3)n1)OC[C@H]2C(F)(F)F. The Balaban J connectivity index is 1.26. The molecule has 216 valence electrons. The summed E-state index contributed by atoms with van der Waals surface area (Å²) in [6.07, 6.45) is -0.577. The second-order valence-electron chi connectivity index (χ2n) is 10.9. The van der Waals surface area contributed by atoms with Gasteiger partial charge in [0.05, 0.1) is 24.4 Å². The van der Waals surface area contributed by atoms with Crippen LogP contribution < -0.4 is 19.5 Å². The molecule has 1 amide bonds. The van der Waals surface area contributed by atoms with Crippen LogP contribution in [0.3, 0.4) is 0 Å². The van der Waals surface area contributed by atoms with Crippen LogP contribution in [0, 0.1) is 5.82 Å². The Morgan fingerprint density at radius 1 is 1.02 bits per heavy atom. The third-order valence-electron chi connectivity index (χ3n) is 7.27. The van der Waals surface area contributed by atoms with Gasteiger partial charge in [-0.3, -0.25) is 4.79 Å². The summed E-state index contributed by atoms with van der Waals surface area (Å²) < 4.78 is 72.3. The molecule has 2 atom stereocenters. The van der Waals surface area contributed by atoms with Gasteiger partial charge in [0.1, 0.15) is 35.4 Å². The first-order chi connectivity index (χ1) is 19.5. The molecular weight excluding hydrogens is 544 g/mol. The van der Waals surface area contributed by atoms with E-state index in [1.165, 1.54) is 19.1 Å². The molecular formula is C30H28F4N2O5. The molecule has 11 heteroatoms. The molecule has 2 fully saturated rings. The van der Waals surface area contributed by atoms with E-state index in [1.807, 2.05) is 0 Å². The van der Waals surface area contributed by atoms with Crippen LogP contribution in [0.25, 0.3) is 11.3 Å². The quantitative estimate of drug-likeness (QED) is 0.323. The van der Waals surface area contributed by atoms with Crippen molar-refractivity contribution < 1.29 is 41.7 Å². The largest absolute Gasteiger partial charge is 0.490 e. The maximum atomic E-state index is 13.8. The maximum absolute atomic E-state index is 13.8. The number of nitrogens with one attached hydrogen (secondary N) is 1. The van der Waals surface area contributed by atoms with Gasteiger partial charge in [-0.1, -0.05) is 0 Å². The number of aromatic nitrogens is 1. The molecule has 6 rings (SSSR count). The zero-order valence-corrected chi connectivity index (χ0v) is 22.1. The average molecular weight is 573 g/mol. The zero-order valence-electron chi connectivity index (χ0n) is 22.1. The van der Waals surface area contributed by atoms with Gasteiger partial charge in [0, 0.05) is 16.7 Å². The second-order valence-corrected chi connectivity index (χ2v) is 10.9. The number of aliphatic hydroxyl groups is 1. The summed E-state index contributed by atoms with van der Waals surface area (Å²) in [5, 5.41) is 14.0. The van der Waals surface area contributed by atoms with E-state index in [1.54, 1.807) is 18.2 Å². The van der Waals surface area contributed by atoms with E-state index in [0.717, 1.165) is 43.9 Å². The van der Waals surface area contributed by atoms with E-state index in [-0.39, 0.29) is 47.0 Å². The lowest BCUT2D eigenvalue weighted by molar-refractivity contribution is -0.151. The minimum Gasteiger partial charge on any atom is -0.490 e. The predicted octanol–water partition coefficient (Wildman–Crippen LogP) is 5.65. The number of rotatable bonds is 9. The third kappa shape index (κ3) is 5.95. The van der Waals surface area contributed by atoms with Crippen LogP contribution in [-0.4, -0.2) is 47.5 Å². The highest BCUT2D eigenvalue weighted by Gasteiger charge is 2.47. The first kappa shape index (κ1) is 27.3. The molecule has 2 saturated carbocycles. The molecule has 2 heterocycles. The van der Waals surface area contributed by atoms with Gasteiger partial charge < -0.3 is 24.6 Å². The Morgan fingerprint density at radius 3 is 2.32 bits per heavy atom. The number of pyridine rings is 1. The monoisotopic (exact) mass is 572 g/mol. The highest BCUT2D eigenvalue weighted by molar-refractivity contribution is 5.95. The van der Waals surface area contributed by atoms with Crippen LogP contribution in [-0.2, 0) is 5.60 Å². The second kappa shape index (κ2) is 10.2. The van der Waals surface area contributed by atoms with Gasteiger partial charge in [0.2, 0.25) is 0 Å². The number of carbonyl (C=O) groups excluding carboxylic acids is 1. The predicted molar refractivity (Wildman–Crippen MR) is 140 cm³/mol. The molecule has 2 N–H and O–H groups in total. The van der Waals surface area contributed by atoms with Crippen molar-refractivity contribution in [2.24, 2.45) is 0 Å². The molecule has 0 unspecified atom stereocenters. The molecule has 7 nitrogen and oxygen atoms in total. The molecule has 0 bridgehead atoms. The maximum Gasteiger partial charge on any atom is 0.399 e. The van der Waals surface area contributed by atoms with E-state index in [4.69, 9.17) is 14.2 Å². The first-order valence-corrected chi connectivity index (χ1v) is 13.5. The number of benzene rings is 2. The molecule has 1 aromatic heterocycles. The van der Waals surface area contributed by atoms with Crippen LogP contribution in [0.2, 0.25) is 0 Å². The fourth-order valence-electron chi connectivity index (χ4n) is 4.58. The molecule has 3 aliphatic rings. The molecule has 3 aromatic rings. The van der Waals surface area contributed by atoms with Crippen molar-refractivity contribution in [1.29, 1.82) is 0 Å². The summed E-state index contributed by atoms with van der Waals surface area (Å²) in [6, 6.07) is 11.1. The lowest BCUT2D eigenvalue weighted by Crippen LogP contribution is -2.39. The average Bonchev–Trinajstić information content (AvgIpc) is 3.86. The highest BCUT2D eigenvalue weighted by atomic mass is 19.4. The number of hydrogen-bond donors (Lipinski definition) is 2. The number of nitrogens with zero attached hydrogens (tertiary/aromatic N) is 1. The Morgan fingerprint density at radius 2 is 1.68 bits per heavy atom. The van der Waals surface area contributed by atoms with E-state index >= 15 is 0 Å². The fraction of sp³-hybridized carbons (Fsp3) is 0.400. The van der Waals surface area contributed by atoms with Crippen molar-refractivity contribution >= 4 is 5.91 Å². The summed E-state index contributed by atoms with van der Waals surface area (Å²) >= 11 is 0. The lowest BCUT2D eigenvalue weighted by Gasteiger charge is -2.25. The van der Waals surface area contributed by atoms with Crippen molar-refractivity contribution in [2.45, 2.75) is 62.5 Å². The molecule has 0 radical (unpaired) electrons. The number of ether oxygens (including phenoxy) is 3. The molecule has 0 saturated heterocycles. The van der Waals surface area contributed by atoms with Gasteiger partial charge in [0.15, 0.2) is 11.5 Å². The Labute approximate surface area is 233 Å². The highest BCUT2D eigenvalue weighted by Crippen LogP contribution is 2.48. The number of hydrogen-bond acceptors (Lipinski definition) is 6. The van der Waals surface area contributed by atoms with Crippen molar-refractivity contribution in [2.75, 3.05) is 13.2 Å². The van der Waals surface area contributed by atoms with Crippen molar-refractivity contribution in [3.63, 3.8) is 0 Å². The standard InChI is InChI=1S/C30H28F4N2O5/c1-29(38,15-35-28(37)17-4-11-23(40-19-7-8-19)24(12-17)41-20-9-10-20)25-13-21-22(30(32,33)34)14-39-27(21)26(36-25)16-2-5-18(31)6-3-16/h2-6,11-13,19-20,22,38H,7-10,14-15H2,1H3,(H,35,37)/t22-,29+/m1/s1. The summed E-state index contributed by atoms with van der Waals surface area (Å²) in [6.45, 7) is 0.364. The van der Waals surface area contributed by atoms with Crippen LogP contribution in [0.15, 0.2) is 48.5 Å².